The van der Waals surface area contributed by atoms with Gasteiger partial charge >= 0.3 is 12.6 Å². The highest BCUT2D eigenvalue weighted by Gasteiger charge is 2.31. The summed E-state index contributed by atoms with van der Waals surface area (Å²) in [7, 11) is 0. The predicted octanol–water partition coefficient (Wildman–Crippen LogP) is 4.59. The second kappa shape index (κ2) is 8.60. The monoisotopic (exact) mass is 492 g/mol. The Kier molecular flexibility index (Phi) is 6.35. The first kappa shape index (κ1) is 21.4. The number of halogens is 5. The van der Waals surface area contributed by atoms with E-state index in [-0.39, 0.29) is 37.8 Å². The summed E-state index contributed by atoms with van der Waals surface area (Å²) in [4.78, 5) is 15.7. The number of hydrogen-bond donors (Lipinski definition) is 2. The molecule has 0 saturated heterocycles. The third-order valence-corrected chi connectivity index (χ3v) is 5.13. The van der Waals surface area contributed by atoms with Gasteiger partial charge in [-0.2, -0.15) is 8.78 Å². The van der Waals surface area contributed by atoms with Crippen molar-refractivity contribution in [3.05, 3.63) is 62.7 Å². The highest BCUT2D eigenvalue weighted by atomic mass is 79.9. The summed E-state index contributed by atoms with van der Waals surface area (Å²) in [6.45, 7) is -3.76. The first-order chi connectivity index (χ1) is 13.7. The molecule has 0 amide bonds. The number of pyridine rings is 1. The minimum absolute atomic E-state index is 0.00517. The van der Waals surface area contributed by atoms with Crippen LogP contribution in [0.4, 0.5) is 13.2 Å². The lowest BCUT2D eigenvalue weighted by molar-refractivity contribution is -0.137. The molecule has 0 bridgehead atoms. The van der Waals surface area contributed by atoms with Crippen molar-refractivity contribution in [3.63, 3.8) is 0 Å². The second-order valence-electron chi connectivity index (χ2n) is 5.98. The van der Waals surface area contributed by atoms with E-state index in [2.05, 4.69) is 25.7 Å². The number of rotatable bonds is 7. The van der Waals surface area contributed by atoms with E-state index >= 15 is 0 Å². The van der Waals surface area contributed by atoms with Crippen LogP contribution in [0.25, 0.3) is 5.65 Å². The number of benzene rings is 1. The predicted molar refractivity (Wildman–Crippen MR) is 101 cm³/mol. The van der Waals surface area contributed by atoms with Gasteiger partial charge in [-0.05, 0) is 28.1 Å². The standard InChI is InChI=1S/C18H13BrClF3N2O4/c19-9-6-25-14(5-11(9)21)24-12(7-26)17(25)8(4-15(27)28)16-10(20)2-1-3-13(16)29-18(22)23/h1-3,5-6,8,18,26H,4,7H2,(H,27,28). The number of aliphatic hydroxyl groups is 1. The number of alkyl halides is 2. The van der Waals surface area contributed by atoms with Crippen LogP contribution >= 0.6 is 27.5 Å². The van der Waals surface area contributed by atoms with Crippen LogP contribution in [0, 0.1) is 5.82 Å². The topological polar surface area (TPSA) is 84.1 Å². The van der Waals surface area contributed by atoms with Crippen LogP contribution in [0.5, 0.6) is 5.75 Å². The first-order valence-corrected chi connectivity index (χ1v) is 9.31. The molecule has 1 atom stereocenters. The van der Waals surface area contributed by atoms with Gasteiger partial charge in [-0.1, -0.05) is 17.7 Å². The Hall–Kier alpha value is -2.30. The fraction of sp³-hybridized carbons (Fsp3) is 0.222. The third-order valence-electron chi connectivity index (χ3n) is 4.21. The van der Waals surface area contributed by atoms with Crippen molar-refractivity contribution >= 4 is 39.1 Å². The lowest BCUT2D eigenvalue weighted by Crippen LogP contribution is -2.15. The molecule has 2 N–H and O–H groups in total. The lowest BCUT2D eigenvalue weighted by atomic mass is 9.90. The molecule has 6 nitrogen and oxygen atoms in total. The van der Waals surface area contributed by atoms with E-state index in [1.807, 2.05) is 0 Å². The Morgan fingerprint density at radius 3 is 2.72 bits per heavy atom. The van der Waals surface area contributed by atoms with Crippen molar-refractivity contribution in [1.29, 1.82) is 0 Å². The summed E-state index contributed by atoms with van der Waals surface area (Å²) in [5.74, 6) is -3.30. The Morgan fingerprint density at radius 1 is 1.38 bits per heavy atom. The second-order valence-corrected chi connectivity index (χ2v) is 7.24. The zero-order valence-corrected chi connectivity index (χ0v) is 16.8. The van der Waals surface area contributed by atoms with Gasteiger partial charge in [0.1, 0.15) is 17.2 Å². The number of aliphatic hydroxyl groups excluding tert-OH is 1. The van der Waals surface area contributed by atoms with Crippen molar-refractivity contribution in [1.82, 2.24) is 9.38 Å². The number of imidazole rings is 1. The first-order valence-electron chi connectivity index (χ1n) is 8.14. The molecule has 2 aromatic heterocycles. The highest BCUT2D eigenvalue weighted by Crippen LogP contribution is 2.41. The molecule has 0 aliphatic rings. The largest absolute Gasteiger partial charge is 0.481 e. The highest BCUT2D eigenvalue weighted by molar-refractivity contribution is 9.10. The molecule has 0 saturated carbocycles. The SMILES string of the molecule is O=C(O)CC(c1c(Cl)cccc1OC(F)F)c1c(CO)nc2cc(F)c(Br)cn12. The maximum absolute atomic E-state index is 13.9. The summed E-state index contributed by atoms with van der Waals surface area (Å²) in [5, 5.41) is 19.2. The Labute approximate surface area is 175 Å². The number of fused-ring (bicyclic) bond motifs is 1. The number of hydrogen-bond acceptors (Lipinski definition) is 4. The molecule has 1 unspecified atom stereocenters. The Bertz CT molecular complexity index is 1080. The molecule has 0 aliphatic carbocycles. The molecular weight excluding hydrogens is 481 g/mol. The minimum Gasteiger partial charge on any atom is -0.481 e. The molecule has 0 aliphatic heterocycles. The van der Waals surface area contributed by atoms with Crippen LogP contribution in [0.1, 0.15) is 29.3 Å². The quantitative estimate of drug-likeness (QED) is 0.503. The molecule has 3 aromatic rings. The summed E-state index contributed by atoms with van der Waals surface area (Å²) in [6.07, 6.45) is 0.741. The average molecular weight is 494 g/mol. The molecule has 0 fully saturated rings. The lowest BCUT2D eigenvalue weighted by Gasteiger charge is -2.21. The van der Waals surface area contributed by atoms with Gasteiger partial charge in [0.25, 0.3) is 0 Å². The minimum atomic E-state index is -3.17. The number of aliphatic carboxylic acids is 1. The molecule has 2 heterocycles. The van der Waals surface area contributed by atoms with Gasteiger partial charge < -0.3 is 19.4 Å². The number of ether oxygens (including phenoxy) is 1. The van der Waals surface area contributed by atoms with Gasteiger partial charge in [-0.25, -0.2) is 9.37 Å². The molecule has 29 heavy (non-hydrogen) atoms. The van der Waals surface area contributed by atoms with Crippen LogP contribution in [0.15, 0.2) is 34.9 Å². The van der Waals surface area contributed by atoms with Crippen molar-refractivity contribution in [2.24, 2.45) is 0 Å². The molecule has 3 rings (SSSR count). The van der Waals surface area contributed by atoms with Crippen LogP contribution in [-0.4, -0.2) is 32.2 Å². The third kappa shape index (κ3) is 4.34. The van der Waals surface area contributed by atoms with Gasteiger partial charge in [-0.3, -0.25) is 4.79 Å². The number of carboxylic acids is 1. The summed E-state index contributed by atoms with van der Waals surface area (Å²) >= 11 is 9.28. The Balaban J connectivity index is 2.32. The van der Waals surface area contributed by atoms with Crippen molar-refractivity contribution in [2.75, 3.05) is 0 Å². The summed E-state index contributed by atoms with van der Waals surface area (Å²) < 4.78 is 45.7. The number of carbonyl (C=O) groups is 1. The average Bonchev–Trinajstić information content (AvgIpc) is 2.97. The van der Waals surface area contributed by atoms with Gasteiger partial charge in [0.05, 0.1) is 28.9 Å². The summed E-state index contributed by atoms with van der Waals surface area (Å²) in [5.41, 5.74) is 0.312. The molecule has 0 spiro atoms. The summed E-state index contributed by atoms with van der Waals surface area (Å²) in [6, 6.07) is 5.11. The number of aromatic nitrogens is 2. The maximum atomic E-state index is 13.9. The fourth-order valence-electron chi connectivity index (χ4n) is 3.16. The molecule has 154 valence electrons. The van der Waals surface area contributed by atoms with E-state index in [1.165, 1.54) is 28.8 Å². The fourth-order valence-corrected chi connectivity index (χ4v) is 3.77. The van der Waals surface area contributed by atoms with Crippen molar-refractivity contribution in [2.45, 2.75) is 25.6 Å². The van der Waals surface area contributed by atoms with Crippen LogP contribution < -0.4 is 4.74 Å². The Morgan fingerprint density at radius 2 is 2.10 bits per heavy atom. The molecule has 11 heteroatoms. The van der Waals surface area contributed by atoms with Gasteiger partial charge in [0, 0.05) is 28.8 Å². The maximum Gasteiger partial charge on any atom is 0.387 e. The van der Waals surface area contributed by atoms with Gasteiger partial charge in [0.2, 0.25) is 0 Å². The van der Waals surface area contributed by atoms with Crippen LogP contribution in [0.3, 0.4) is 0 Å². The van der Waals surface area contributed by atoms with E-state index in [9.17, 15) is 28.2 Å². The van der Waals surface area contributed by atoms with E-state index in [0.29, 0.717) is 0 Å². The van der Waals surface area contributed by atoms with E-state index in [0.717, 1.165) is 6.07 Å². The molecule has 0 radical (unpaired) electrons. The molecule has 1 aromatic carbocycles. The van der Waals surface area contributed by atoms with E-state index in [4.69, 9.17) is 11.6 Å². The number of nitrogens with zero attached hydrogens (tertiary/aromatic N) is 2. The van der Waals surface area contributed by atoms with Gasteiger partial charge in [0.15, 0.2) is 0 Å². The van der Waals surface area contributed by atoms with Crippen molar-refractivity contribution in [3.8, 4) is 5.75 Å². The van der Waals surface area contributed by atoms with E-state index in [1.54, 1.807) is 0 Å². The van der Waals surface area contributed by atoms with E-state index < -0.39 is 37.3 Å². The van der Waals surface area contributed by atoms with Crippen LogP contribution in [-0.2, 0) is 11.4 Å². The van der Waals surface area contributed by atoms with Crippen molar-refractivity contribution < 1.29 is 32.9 Å². The zero-order chi connectivity index (χ0) is 21.3. The smallest absolute Gasteiger partial charge is 0.387 e. The zero-order valence-electron chi connectivity index (χ0n) is 14.5. The van der Waals surface area contributed by atoms with Crippen LogP contribution in [0.2, 0.25) is 5.02 Å². The van der Waals surface area contributed by atoms with Gasteiger partial charge in [-0.15, -0.1) is 0 Å². The normalized spacial score (nSPS) is 12.5. The molecular formula is C18H13BrClF3N2O4. The number of carboxylic acid groups (broad SMARTS) is 1.